The number of carbonyl (C=O) groups is 4. The van der Waals surface area contributed by atoms with Crippen LogP contribution in [0, 0.1) is 0 Å². The van der Waals surface area contributed by atoms with Crippen molar-refractivity contribution in [2.24, 2.45) is 0 Å². The van der Waals surface area contributed by atoms with Crippen LogP contribution < -0.4 is 10.2 Å². The van der Waals surface area contributed by atoms with Gasteiger partial charge in [-0.3, -0.25) is 9.59 Å². The quantitative estimate of drug-likeness (QED) is 0.642. The standard InChI is InChI=1S/C21H20N4O4/c1-14(26)15-7-9-17(10-8-15)25-19(27)18-13-23(11-12-24(18)21(25)29)20(28)22-16-5-3-2-4-6-16/h2-10,18H,11-13H2,1H3,(H,22,28)/t18-/m1/s1. The molecule has 2 fully saturated rings. The Labute approximate surface area is 167 Å². The maximum atomic E-state index is 12.9. The molecule has 0 spiro atoms. The topological polar surface area (TPSA) is 90.0 Å². The van der Waals surface area contributed by atoms with Gasteiger partial charge in [-0.1, -0.05) is 18.2 Å². The molecule has 2 heterocycles. The first-order valence-electron chi connectivity index (χ1n) is 9.32. The van der Waals surface area contributed by atoms with Crippen LogP contribution in [0.25, 0.3) is 0 Å². The van der Waals surface area contributed by atoms with Crippen LogP contribution in [-0.4, -0.2) is 59.2 Å². The predicted octanol–water partition coefficient (Wildman–Crippen LogP) is 2.57. The summed E-state index contributed by atoms with van der Waals surface area (Å²) in [6.45, 7) is 2.20. The molecule has 1 N–H and O–H groups in total. The molecule has 2 aromatic carbocycles. The lowest BCUT2D eigenvalue weighted by Gasteiger charge is -2.35. The minimum atomic E-state index is -0.717. The van der Waals surface area contributed by atoms with Crippen LogP contribution in [0.3, 0.4) is 0 Å². The summed E-state index contributed by atoms with van der Waals surface area (Å²) in [5.74, 6) is -0.462. The first-order valence-corrected chi connectivity index (χ1v) is 9.32. The minimum absolute atomic E-state index is 0.0897. The van der Waals surface area contributed by atoms with E-state index in [-0.39, 0.29) is 30.8 Å². The van der Waals surface area contributed by atoms with Gasteiger partial charge in [-0.05, 0) is 43.3 Å². The Morgan fingerprint density at radius 2 is 1.66 bits per heavy atom. The molecule has 4 rings (SSSR count). The second-order valence-electron chi connectivity index (χ2n) is 7.01. The molecule has 0 aliphatic carbocycles. The number of para-hydroxylation sites is 1. The summed E-state index contributed by atoms with van der Waals surface area (Å²) in [4.78, 5) is 53.9. The number of anilines is 2. The van der Waals surface area contributed by atoms with Crippen molar-refractivity contribution in [3.63, 3.8) is 0 Å². The number of carbonyl (C=O) groups excluding carboxylic acids is 4. The van der Waals surface area contributed by atoms with Gasteiger partial charge in [0.05, 0.1) is 12.2 Å². The monoisotopic (exact) mass is 392 g/mol. The maximum absolute atomic E-state index is 12.9. The van der Waals surface area contributed by atoms with E-state index in [0.717, 1.165) is 4.90 Å². The Morgan fingerprint density at radius 1 is 0.966 bits per heavy atom. The van der Waals surface area contributed by atoms with Gasteiger partial charge in [0.1, 0.15) is 6.04 Å². The minimum Gasteiger partial charge on any atom is -0.320 e. The van der Waals surface area contributed by atoms with Gasteiger partial charge in [0.15, 0.2) is 5.78 Å². The number of imide groups is 1. The van der Waals surface area contributed by atoms with Crippen LogP contribution in [0.4, 0.5) is 21.0 Å². The van der Waals surface area contributed by atoms with Gasteiger partial charge < -0.3 is 15.1 Å². The molecular formula is C21H20N4O4. The molecule has 2 aromatic rings. The number of hydrogen-bond donors (Lipinski definition) is 1. The molecule has 2 aliphatic heterocycles. The third-order valence-electron chi connectivity index (χ3n) is 5.17. The SMILES string of the molecule is CC(=O)c1ccc(N2C(=O)[C@H]3CN(C(=O)Nc4ccccc4)CCN3C2=O)cc1. The molecule has 0 saturated carbocycles. The Kier molecular flexibility index (Phi) is 4.75. The summed E-state index contributed by atoms with van der Waals surface area (Å²) in [6.07, 6.45) is 0. The first-order chi connectivity index (χ1) is 14.0. The molecule has 8 heteroatoms. The summed E-state index contributed by atoms with van der Waals surface area (Å²) in [7, 11) is 0. The lowest BCUT2D eigenvalue weighted by atomic mass is 10.1. The van der Waals surface area contributed by atoms with E-state index in [4.69, 9.17) is 0 Å². The fraction of sp³-hybridized carbons (Fsp3) is 0.238. The van der Waals surface area contributed by atoms with E-state index in [1.54, 1.807) is 41.3 Å². The van der Waals surface area contributed by atoms with E-state index >= 15 is 0 Å². The maximum Gasteiger partial charge on any atom is 0.332 e. The van der Waals surface area contributed by atoms with E-state index in [1.165, 1.54) is 11.8 Å². The third kappa shape index (κ3) is 3.44. The van der Waals surface area contributed by atoms with E-state index in [1.807, 2.05) is 18.2 Å². The molecule has 0 radical (unpaired) electrons. The van der Waals surface area contributed by atoms with Crippen LogP contribution in [-0.2, 0) is 4.79 Å². The van der Waals surface area contributed by atoms with Crippen LogP contribution in [0.5, 0.6) is 0 Å². The van der Waals surface area contributed by atoms with Gasteiger partial charge in [-0.25, -0.2) is 14.5 Å². The van der Waals surface area contributed by atoms with Crippen molar-refractivity contribution in [1.82, 2.24) is 9.80 Å². The highest BCUT2D eigenvalue weighted by Crippen LogP contribution is 2.28. The van der Waals surface area contributed by atoms with Crippen molar-refractivity contribution >= 4 is 35.1 Å². The highest BCUT2D eigenvalue weighted by molar-refractivity contribution is 6.21. The van der Waals surface area contributed by atoms with Gasteiger partial charge >= 0.3 is 12.1 Å². The van der Waals surface area contributed by atoms with E-state index in [9.17, 15) is 19.2 Å². The molecule has 2 aliphatic rings. The van der Waals surface area contributed by atoms with Crippen molar-refractivity contribution in [3.05, 3.63) is 60.2 Å². The van der Waals surface area contributed by atoms with Gasteiger partial charge in [-0.2, -0.15) is 0 Å². The zero-order valence-corrected chi connectivity index (χ0v) is 15.9. The number of hydrogen-bond acceptors (Lipinski definition) is 4. The molecule has 0 bridgehead atoms. The number of nitrogens with one attached hydrogen (secondary N) is 1. The normalized spacial score (nSPS) is 18.7. The number of fused-ring (bicyclic) bond motifs is 1. The fourth-order valence-electron chi connectivity index (χ4n) is 3.59. The molecular weight excluding hydrogens is 372 g/mol. The van der Waals surface area contributed by atoms with Gasteiger partial charge in [0.25, 0.3) is 5.91 Å². The predicted molar refractivity (Wildman–Crippen MR) is 107 cm³/mol. The number of ketones is 1. The second-order valence-corrected chi connectivity index (χ2v) is 7.01. The molecule has 1 atom stereocenters. The van der Waals surface area contributed by atoms with Gasteiger partial charge in [0, 0.05) is 24.3 Å². The molecule has 0 aromatic heterocycles. The van der Waals surface area contributed by atoms with Crippen molar-refractivity contribution < 1.29 is 19.2 Å². The van der Waals surface area contributed by atoms with Crippen molar-refractivity contribution in [2.45, 2.75) is 13.0 Å². The number of benzene rings is 2. The largest absolute Gasteiger partial charge is 0.332 e. The van der Waals surface area contributed by atoms with Crippen molar-refractivity contribution in [2.75, 3.05) is 29.9 Å². The number of rotatable bonds is 3. The van der Waals surface area contributed by atoms with E-state index in [0.29, 0.717) is 23.5 Å². The number of amides is 5. The Balaban J connectivity index is 1.49. The zero-order valence-electron chi connectivity index (χ0n) is 15.9. The number of Topliss-reactive ketones (excluding diaryl/α,β-unsaturated/α-hetero) is 1. The van der Waals surface area contributed by atoms with Crippen molar-refractivity contribution in [1.29, 1.82) is 0 Å². The van der Waals surface area contributed by atoms with E-state index < -0.39 is 12.1 Å². The Hall–Kier alpha value is -3.68. The summed E-state index contributed by atoms with van der Waals surface area (Å²) in [5, 5.41) is 2.80. The van der Waals surface area contributed by atoms with Gasteiger partial charge in [0.2, 0.25) is 0 Å². The lowest BCUT2D eigenvalue weighted by Crippen LogP contribution is -2.55. The van der Waals surface area contributed by atoms with Crippen LogP contribution in [0.15, 0.2) is 54.6 Å². The fourth-order valence-corrected chi connectivity index (χ4v) is 3.59. The average Bonchev–Trinajstić information content (AvgIpc) is 2.98. The van der Waals surface area contributed by atoms with E-state index in [2.05, 4.69) is 5.32 Å². The molecule has 5 amide bonds. The lowest BCUT2D eigenvalue weighted by molar-refractivity contribution is -0.120. The highest BCUT2D eigenvalue weighted by Gasteiger charge is 2.49. The summed E-state index contributed by atoms with van der Waals surface area (Å²) < 4.78 is 0. The van der Waals surface area contributed by atoms with Crippen LogP contribution in [0.2, 0.25) is 0 Å². The first kappa shape index (κ1) is 18.7. The smallest absolute Gasteiger partial charge is 0.320 e. The number of urea groups is 2. The second kappa shape index (κ2) is 7.38. The Bertz CT molecular complexity index is 974. The highest BCUT2D eigenvalue weighted by atomic mass is 16.2. The zero-order chi connectivity index (χ0) is 20.5. The van der Waals surface area contributed by atoms with Gasteiger partial charge in [-0.15, -0.1) is 0 Å². The number of piperazine rings is 1. The van der Waals surface area contributed by atoms with Crippen LogP contribution in [0.1, 0.15) is 17.3 Å². The van der Waals surface area contributed by atoms with Crippen LogP contribution >= 0.6 is 0 Å². The molecule has 0 unspecified atom stereocenters. The summed E-state index contributed by atoms with van der Waals surface area (Å²) >= 11 is 0. The summed E-state index contributed by atoms with van der Waals surface area (Å²) in [6, 6.07) is 14.0. The van der Waals surface area contributed by atoms with Crippen molar-refractivity contribution in [3.8, 4) is 0 Å². The number of nitrogens with zero attached hydrogens (tertiary/aromatic N) is 3. The average molecular weight is 392 g/mol. The Morgan fingerprint density at radius 3 is 2.31 bits per heavy atom. The summed E-state index contributed by atoms with van der Waals surface area (Å²) in [5.41, 5.74) is 1.59. The molecule has 29 heavy (non-hydrogen) atoms. The molecule has 2 saturated heterocycles. The molecule has 148 valence electrons. The molecule has 8 nitrogen and oxygen atoms in total. The third-order valence-corrected chi connectivity index (χ3v) is 5.17.